The van der Waals surface area contributed by atoms with Gasteiger partial charge >= 0.3 is 0 Å². The number of anilines is 2. The third kappa shape index (κ3) is 4.66. The molecule has 0 bridgehead atoms. The van der Waals surface area contributed by atoms with Crippen LogP contribution in [0.3, 0.4) is 0 Å². The first kappa shape index (κ1) is 18.0. The van der Waals surface area contributed by atoms with Crippen LogP contribution >= 0.6 is 0 Å². The maximum absolute atomic E-state index is 14.4. The van der Waals surface area contributed by atoms with Gasteiger partial charge in [-0.15, -0.1) is 0 Å². The molecule has 0 amide bonds. The van der Waals surface area contributed by atoms with E-state index in [0.29, 0.717) is 42.2 Å². The number of nitrogens with zero attached hydrogens (tertiary/aromatic N) is 3. The maximum atomic E-state index is 14.4. The Morgan fingerprint density at radius 3 is 2.44 bits per heavy atom. The van der Waals surface area contributed by atoms with Gasteiger partial charge in [0.25, 0.3) is 0 Å². The molecule has 6 nitrogen and oxygen atoms in total. The number of hydrogen-bond acceptors (Lipinski definition) is 6. The highest BCUT2D eigenvalue weighted by Crippen LogP contribution is 2.32. The summed E-state index contributed by atoms with van der Waals surface area (Å²) < 4.78 is 14.4. The lowest BCUT2D eigenvalue weighted by Gasteiger charge is -2.24. The summed E-state index contributed by atoms with van der Waals surface area (Å²) in [7, 11) is 0. The Hall–Kier alpha value is -1.76. The van der Waals surface area contributed by atoms with Crippen LogP contribution in [0.15, 0.2) is 5.83 Å². The second-order valence-electron chi connectivity index (χ2n) is 7.32. The summed E-state index contributed by atoms with van der Waals surface area (Å²) >= 11 is 0. The van der Waals surface area contributed by atoms with Gasteiger partial charge in [0.15, 0.2) is 5.82 Å². The standard InChI is InChI=1S/C18H28FN5O/c1-11(2)20-17-22-16(13-9-6-10-14(25)15(13)19)23-18(24-17)21-12-7-4-3-5-8-12/h11-12,14,25H,3-10H2,1-2H3,(H2,20,21,22,23,24). The van der Waals surface area contributed by atoms with Crippen molar-refractivity contribution in [1.82, 2.24) is 15.0 Å². The van der Waals surface area contributed by atoms with E-state index in [2.05, 4.69) is 25.6 Å². The molecule has 1 atom stereocenters. The predicted octanol–water partition coefficient (Wildman–Crippen LogP) is 3.66. The molecular formula is C18H28FN5O. The van der Waals surface area contributed by atoms with Crippen LogP contribution in [-0.2, 0) is 0 Å². The van der Waals surface area contributed by atoms with Crippen molar-refractivity contribution in [3.05, 3.63) is 11.7 Å². The number of aliphatic hydroxyl groups is 1. The van der Waals surface area contributed by atoms with Crippen LogP contribution in [0, 0.1) is 0 Å². The molecule has 1 aromatic heterocycles. The predicted molar refractivity (Wildman–Crippen MR) is 97.0 cm³/mol. The second-order valence-corrected chi connectivity index (χ2v) is 7.32. The van der Waals surface area contributed by atoms with Crippen LogP contribution in [0.1, 0.15) is 71.0 Å². The summed E-state index contributed by atoms with van der Waals surface area (Å²) in [6.45, 7) is 4.00. The molecule has 0 saturated heterocycles. The fourth-order valence-corrected chi connectivity index (χ4v) is 3.47. The van der Waals surface area contributed by atoms with Gasteiger partial charge in [-0.2, -0.15) is 15.0 Å². The van der Waals surface area contributed by atoms with E-state index in [-0.39, 0.29) is 6.04 Å². The zero-order valence-electron chi connectivity index (χ0n) is 15.1. The van der Waals surface area contributed by atoms with E-state index in [4.69, 9.17) is 0 Å². The lowest BCUT2D eigenvalue weighted by atomic mass is 9.95. The van der Waals surface area contributed by atoms with Gasteiger partial charge in [-0.05, 0) is 46.0 Å². The summed E-state index contributed by atoms with van der Waals surface area (Å²) in [6, 6.07) is 0.514. The van der Waals surface area contributed by atoms with Gasteiger partial charge in [0.2, 0.25) is 11.9 Å². The normalized spacial score (nSPS) is 22.4. The number of hydrogen-bond donors (Lipinski definition) is 3. The summed E-state index contributed by atoms with van der Waals surface area (Å²) in [5, 5.41) is 16.4. The van der Waals surface area contributed by atoms with Gasteiger partial charge in [-0.25, -0.2) is 4.39 Å². The zero-order chi connectivity index (χ0) is 17.8. The molecule has 1 saturated carbocycles. The van der Waals surface area contributed by atoms with Gasteiger partial charge in [-0.1, -0.05) is 19.3 Å². The fraction of sp³-hybridized carbons (Fsp3) is 0.722. The molecule has 3 rings (SSSR count). The van der Waals surface area contributed by atoms with Crippen molar-refractivity contribution >= 4 is 17.5 Å². The van der Waals surface area contributed by atoms with E-state index < -0.39 is 11.9 Å². The number of halogens is 1. The third-order valence-corrected chi connectivity index (χ3v) is 4.75. The van der Waals surface area contributed by atoms with Crippen molar-refractivity contribution in [2.45, 2.75) is 83.4 Å². The first-order valence-corrected chi connectivity index (χ1v) is 9.39. The number of nitrogens with one attached hydrogen (secondary N) is 2. The molecular weight excluding hydrogens is 321 g/mol. The minimum atomic E-state index is -1.04. The summed E-state index contributed by atoms with van der Waals surface area (Å²) in [6.07, 6.45) is 6.56. The lowest BCUT2D eigenvalue weighted by molar-refractivity contribution is 0.165. The fourth-order valence-electron chi connectivity index (χ4n) is 3.47. The molecule has 0 aromatic carbocycles. The van der Waals surface area contributed by atoms with Crippen LogP contribution in [-0.4, -0.2) is 38.2 Å². The van der Waals surface area contributed by atoms with Crippen LogP contribution in [0.4, 0.5) is 16.3 Å². The molecule has 1 unspecified atom stereocenters. The number of rotatable bonds is 5. The Morgan fingerprint density at radius 1 is 1.00 bits per heavy atom. The van der Waals surface area contributed by atoms with Crippen molar-refractivity contribution in [1.29, 1.82) is 0 Å². The van der Waals surface area contributed by atoms with E-state index in [1.807, 2.05) is 13.8 Å². The average Bonchev–Trinajstić information content (AvgIpc) is 2.57. The van der Waals surface area contributed by atoms with E-state index in [1.54, 1.807) is 0 Å². The van der Waals surface area contributed by atoms with Crippen molar-refractivity contribution < 1.29 is 9.50 Å². The quantitative estimate of drug-likeness (QED) is 0.752. The number of aliphatic hydroxyl groups excluding tert-OH is 1. The molecule has 25 heavy (non-hydrogen) atoms. The summed E-state index contributed by atoms with van der Waals surface area (Å²) in [4.78, 5) is 13.3. The highest BCUT2D eigenvalue weighted by molar-refractivity contribution is 5.65. The van der Waals surface area contributed by atoms with E-state index in [9.17, 15) is 9.50 Å². The first-order chi connectivity index (χ1) is 12.0. The first-order valence-electron chi connectivity index (χ1n) is 9.39. The SMILES string of the molecule is CC(C)Nc1nc(NC2CCCCC2)nc(C2=C(F)C(O)CCC2)n1. The van der Waals surface area contributed by atoms with Crippen molar-refractivity contribution in [3.8, 4) is 0 Å². The van der Waals surface area contributed by atoms with Crippen molar-refractivity contribution in [2.75, 3.05) is 10.6 Å². The molecule has 2 aliphatic carbocycles. The summed E-state index contributed by atoms with van der Waals surface area (Å²) in [5.41, 5.74) is 0.402. The van der Waals surface area contributed by atoms with Gasteiger partial charge in [-0.3, -0.25) is 0 Å². The monoisotopic (exact) mass is 349 g/mol. The van der Waals surface area contributed by atoms with Gasteiger partial charge in [0.1, 0.15) is 11.9 Å². The van der Waals surface area contributed by atoms with Gasteiger partial charge < -0.3 is 15.7 Å². The average molecular weight is 349 g/mol. The van der Waals surface area contributed by atoms with Crippen LogP contribution < -0.4 is 10.6 Å². The van der Waals surface area contributed by atoms with Crippen molar-refractivity contribution in [3.63, 3.8) is 0 Å². The molecule has 2 aliphatic rings. The Kier molecular flexibility index (Phi) is 5.83. The lowest BCUT2D eigenvalue weighted by Crippen LogP contribution is -2.25. The van der Waals surface area contributed by atoms with Crippen LogP contribution in [0.2, 0.25) is 0 Å². The number of aromatic nitrogens is 3. The minimum absolute atomic E-state index is 0.161. The molecule has 0 radical (unpaired) electrons. The molecule has 0 spiro atoms. The Labute approximate surface area is 148 Å². The molecule has 1 aromatic rings. The molecule has 138 valence electrons. The molecule has 1 fully saturated rings. The van der Waals surface area contributed by atoms with Crippen LogP contribution in [0.5, 0.6) is 0 Å². The summed E-state index contributed by atoms with van der Waals surface area (Å²) in [5.74, 6) is 0.753. The van der Waals surface area contributed by atoms with Crippen LogP contribution in [0.25, 0.3) is 5.57 Å². The Morgan fingerprint density at radius 2 is 1.72 bits per heavy atom. The zero-order valence-corrected chi connectivity index (χ0v) is 15.1. The molecule has 3 N–H and O–H groups in total. The highest BCUT2D eigenvalue weighted by Gasteiger charge is 2.25. The Bertz CT molecular complexity index is 628. The van der Waals surface area contributed by atoms with E-state index >= 15 is 0 Å². The minimum Gasteiger partial charge on any atom is -0.386 e. The Balaban J connectivity index is 1.90. The smallest absolute Gasteiger partial charge is 0.228 e. The van der Waals surface area contributed by atoms with E-state index in [0.717, 1.165) is 19.3 Å². The largest absolute Gasteiger partial charge is 0.386 e. The van der Waals surface area contributed by atoms with E-state index in [1.165, 1.54) is 19.3 Å². The molecule has 7 heteroatoms. The number of allylic oxidation sites excluding steroid dienone is 1. The maximum Gasteiger partial charge on any atom is 0.228 e. The second kappa shape index (κ2) is 8.08. The van der Waals surface area contributed by atoms with Gasteiger partial charge in [0.05, 0.1) is 0 Å². The molecule has 0 aliphatic heterocycles. The van der Waals surface area contributed by atoms with Gasteiger partial charge in [0, 0.05) is 17.7 Å². The highest BCUT2D eigenvalue weighted by atomic mass is 19.1. The molecule has 1 heterocycles. The van der Waals surface area contributed by atoms with Crippen molar-refractivity contribution in [2.24, 2.45) is 0 Å². The third-order valence-electron chi connectivity index (χ3n) is 4.75. The topological polar surface area (TPSA) is 83.0 Å².